The van der Waals surface area contributed by atoms with Gasteiger partial charge in [0.05, 0.1) is 0 Å². The van der Waals surface area contributed by atoms with Crippen LogP contribution in [-0.2, 0) is 4.79 Å². The Morgan fingerprint density at radius 1 is 0.952 bits per heavy atom. The van der Waals surface area contributed by atoms with Gasteiger partial charge in [-0.2, -0.15) is 0 Å². The van der Waals surface area contributed by atoms with Gasteiger partial charge in [0, 0.05) is 11.8 Å². The van der Waals surface area contributed by atoms with E-state index >= 15 is 0 Å². The van der Waals surface area contributed by atoms with E-state index in [1.54, 1.807) is 0 Å². The van der Waals surface area contributed by atoms with E-state index in [1.165, 1.54) is 38.5 Å². The van der Waals surface area contributed by atoms with Crippen molar-refractivity contribution in [2.45, 2.75) is 72.6 Å². The lowest BCUT2D eigenvalue weighted by atomic mass is 9.39. The molecule has 0 N–H and O–H groups in total. The van der Waals surface area contributed by atoms with Gasteiger partial charge in [-0.25, -0.2) is 0 Å². The van der Waals surface area contributed by atoms with Crippen molar-refractivity contribution in [3.63, 3.8) is 0 Å². The molecule has 0 aromatic carbocycles. The fourth-order valence-electron chi connectivity index (χ4n) is 8.64. The van der Waals surface area contributed by atoms with E-state index in [-0.39, 0.29) is 5.41 Å². The Morgan fingerprint density at radius 3 is 2.38 bits per heavy atom. The highest BCUT2D eigenvalue weighted by atomic mass is 16.1. The van der Waals surface area contributed by atoms with Crippen LogP contribution in [0.5, 0.6) is 0 Å². The predicted molar refractivity (Wildman–Crippen MR) is 83.7 cm³/mol. The quantitative estimate of drug-likeness (QED) is 0.622. The summed E-state index contributed by atoms with van der Waals surface area (Å²) in [5.74, 6) is 4.23. The zero-order chi connectivity index (χ0) is 14.8. The maximum atomic E-state index is 12.5. The third-order valence-corrected chi connectivity index (χ3v) is 9.66. The molecule has 0 amide bonds. The van der Waals surface area contributed by atoms with Gasteiger partial charge < -0.3 is 0 Å². The second-order valence-electron chi connectivity index (χ2n) is 10.5. The Hall–Kier alpha value is -0.330. The molecule has 6 fully saturated rings. The number of fused-ring (bicyclic) bond motifs is 1. The predicted octanol–water partition coefficient (Wildman–Crippen LogP) is 4.84. The Kier molecular flexibility index (Phi) is 2.06. The second kappa shape index (κ2) is 3.29. The van der Waals surface area contributed by atoms with Crippen LogP contribution >= 0.6 is 0 Å². The molecule has 7 atom stereocenters. The number of hydrogen-bond donors (Lipinski definition) is 0. The molecule has 1 unspecified atom stereocenters. The standard InChI is InChI=1S/C20H30O/c1-17(2)14-5-8-20-10-13-12(19(13,4)11-20)9-15(20)18(14,3)7-6-16(17)21/h12-15H,5-11H2,1-4H3/t12-,13?,14+,15-,18+,19-,20-/m0/s1. The molecule has 116 valence electrons. The van der Waals surface area contributed by atoms with Gasteiger partial charge in [0.25, 0.3) is 0 Å². The minimum absolute atomic E-state index is 0.0674. The number of ketones is 1. The maximum absolute atomic E-state index is 12.5. The summed E-state index contributed by atoms with van der Waals surface area (Å²) in [6, 6.07) is 0. The van der Waals surface area contributed by atoms with Crippen molar-refractivity contribution in [2.24, 2.45) is 45.3 Å². The van der Waals surface area contributed by atoms with Gasteiger partial charge in [0.2, 0.25) is 0 Å². The van der Waals surface area contributed by atoms with E-state index in [0.717, 1.165) is 29.6 Å². The molecule has 1 nitrogen and oxygen atoms in total. The zero-order valence-corrected chi connectivity index (χ0v) is 14.2. The van der Waals surface area contributed by atoms with Crippen LogP contribution in [0.25, 0.3) is 0 Å². The molecule has 1 spiro atoms. The van der Waals surface area contributed by atoms with Crippen LogP contribution in [0.4, 0.5) is 0 Å². The molecule has 6 rings (SSSR count). The van der Waals surface area contributed by atoms with Crippen molar-refractivity contribution in [3.8, 4) is 0 Å². The topological polar surface area (TPSA) is 17.1 Å². The highest BCUT2D eigenvalue weighted by Crippen LogP contribution is 2.85. The number of carbonyl (C=O) groups is 1. The summed E-state index contributed by atoms with van der Waals surface area (Å²) < 4.78 is 0. The molecule has 0 aliphatic heterocycles. The Morgan fingerprint density at radius 2 is 1.71 bits per heavy atom. The van der Waals surface area contributed by atoms with E-state index in [0.29, 0.717) is 22.5 Å². The largest absolute Gasteiger partial charge is 0.299 e. The summed E-state index contributed by atoms with van der Waals surface area (Å²) >= 11 is 0. The minimum Gasteiger partial charge on any atom is -0.299 e. The summed E-state index contributed by atoms with van der Waals surface area (Å²) in [5.41, 5.74) is 1.79. The third kappa shape index (κ3) is 1.23. The Bertz CT molecular complexity index is 548. The molecule has 0 radical (unpaired) electrons. The summed E-state index contributed by atoms with van der Waals surface area (Å²) in [5, 5.41) is 0. The zero-order valence-electron chi connectivity index (χ0n) is 14.2. The molecule has 6 aliphatic carbocycles. The summed E-state index contributed by atoms with van der Waals surface area (Å²) in [6.45, 7) is 9.66. The first-order valence-corrected chi connectivity index (χ1v) is 9.27. The number of hydrogen-bond acceptors (Lipinski definition) is 1. The van der Waals surface area contributed by atoms with Gasteiger partial charge in [-0.3, -0.25) is 4.79 Å². The van der Waals surface area contributed by atoms with Crippen LogP contribution in [0.1, 0.15) is 72.6 Å². The SMILES string of the molecule is CC1(C)C(=O)CC[C@]2(C)[C@@H]1CC[C@@]13CC4[C@H](C[C@H]12)[C@]4(C)C3. The van der Waals surface area contributed by atoms with E-state index in [4.69, 9.17) is 0 Å². The minimum atomic E-state index is -0.0674. The Labute approximate surface area is 129 Å². The maximum Gasteiger partial charge on any atom is 0.138 e. The number of Topliss-reactive ketones (excluding diaryl/α,β-unsaturated/α-hetero) is 1. The second-order valence-corrected chi connectivity index (χ2v) is 10.5. The molecular weight excluding hydrogens is 256 g/mol. The molecular formula is C20H30O. The highest BCUT2D eigenvalue weighted by Gasteiger charge is 2.78. The summed E-state index contributed by atoms with van der Waals surface area (Å²) in [4.78, 5) is 12.5. The van der Waals surface area contributed by atoms with Gasteiger partial charge in [-0.05, 0) is 78.4 Å². The third-order valence-electron chi connectivity index (χ3n) is 9.66. The van der Waals surface area contributed by atoms with Gasteiger partial charge in [-0.15, -0.1) is 0 Å². The van der Waals surface area contributed by atoms with Crippen molar-refractivity contribution in [2.75, 3.05) is 0 Å². The lowest BCUT2D eigenvalue weighted by Crippen LogP contribution is -2.59. The molecule has 6 aliphatic rings. The smallest absolute Gasteiger partial charge is 0.138 e. The van der Waals surface area contributed by atoms with Crippen molar-refractivity contribution in [3.05, 3.63) is 0 Å². The van der Waals surface area contributed by atoms with Gasteiger partial charge in [0.1, 0.15) is 5.78 Å². The average Bonchev–Trinajstić information content (AvgIpc) is 2.86. The van der Waals surface area contributed by atoms with Crippen LogP contribution < -0.4 is 0 Å². The molecule has 1 heteroatoms. The van der Waals surface area contributed by atoms with Crippen LogP contribution in [-0.4, -0.2) is 5.78 Å². The lowest BCUT2D eigenvalue weighted by molar-refractivity contribution is -0.172. The number of carbonyl (C=O) groups excluding carboxylic acids is 1. The van der Waals surface area contributed by atoms with Crippen molar-refractivity contribution < 1.29 is 4.79 Å². The highest BCUT2D eigenvalue weighted by molar-refractivity contribution is 5.85. The van der Waals surface area contributed by atoms with Crippen LogP contribution in [0.15, 0.2) is 0 Å². The summed E-state index contributed by atoms with van der Waals surface area (Å²) in [6.07, 6.45) is 9.33. The first-order valence-electron chi connectivity index (χ1n) is 9.27. The van der Waals surface area contributed by atoms with Gasteiger partial charge >= 0.3 is 0 Å². The van der Waals surface area contributed by atoms with Crippen LogP contribution in [0.3, 0.4) is 0 Å². The molecule has 0 aromatic rings. The monoisotopic (exact) mass is 286 g/mol. The van der Waals surface area contributed by atoms with Gasteiger partial charge in [-0.1, -0.05) is 27.7 Å². The molecule has 4 bridgehead atoms. The molecule has 0 heterocycles. The van der Waals surface area contributed by atoms with E-state index in [1.807, 2.05) is 0 Å². The van der Waals surface area contributed by atoms with Crippen molar-refractivity contribution in [1.29, 1.82) is 0 Å². The molecule has 0 aromatic heterocycles. The molecule has 6 saturated carbocycles. The summed E-state index contributed by atoms with van der Waals surface area (Å²) in [7, 11) is 0. The first-order chi connectivity index (χ1) is 9.74. The van der Waals surface area contributed by atoms with Crippen LogP contribution in [0.2, 0.25) is 0 Å². The Balaban J connectivity index is 1.57. The number of rotatable bonds is 0. The fraction of sp³-hybridized carbons (Fsp3) is 0.950. The molecule has 0 saturated heterocycles. The normalized spacial score (nSPS) is 63.0. The molecule has 21 heavy (non-hydrogen) atoms. The van der Waals surface area contributed by atoms with Gasteiger partial charge in [0.15, 0.2) is 0 Å². The van der Waals surface area contributed by atoms with Crippen molar-refractivity contribution in [1.82, 2.24) is 0 Å². The lowest BCUT2D eigenvalue weighted by Gasteiger charge is -2.64. The van der Waals surface area contributed by atoms with E-state index < -0.39 is 0 Å². The average molecular weight is 286 g/mol. The van der Waals surface area contributed by atoms with E-state index in [2.05, 4.69) is 27.7 Å². The van der Waals surface area contributed by atoms with Crippen LogP contribution in [0, 0.1) is 45.3 Å². The first kappa shape index (κ1) is 13.1. The van der Waals surface area contributed by atoms with Crippen molar-refractivity contribution >= 4 is 5.78 Å². The van der Waals surface area contributed by atoms with E-state index in [9.17, 15) is 4.79 Å². The fourth-order valence-corrected chi connectivity index (χ4v) is 8.64.